The minimum Gasteiger partial charge on any atom is -0.810 e. The van der Waals surface area contributed by atoms with E-state index in [0.29, 0.717) is 11.2 Å². The Morgan fingerprint density at radius 2 is 1.81 bits per heavy atom. The average molecular weight is 328 g/mol. The van der Waals surface area contributed by atoms with Crippen LogP contribution in [0.1, 0.15) is 5.69 Å². The van der Waals surface area contributed by atoms with Crippen LogP contribution in [0.4, 0.5) is 0 Å². The SMILES string of the molecule is O=P([O-])([O-])Cc1ccc2ccccc2n1.[Pd+2]. The van der Waals surface area contributed by atoms with Gasteiger partial charge in [0.1, 0.15) is 0 Å². The predicted octanol–water partition coefficient (Wildman–Crippen LogP) is 0.646. The van der Waals surface area contributed by atoms with Crippen molar-refractivity contribution in [3.05, 3.63) is 42.1 Å². The number of pyridine rings is 1. The average Bonchev–Trinajstić information content (AvgIpc) is 2.15. The summed E-state index contributed by atoms with van der Waals surface area (Å²) in [5.41, 5.74) is 0.991. The summed E-state index contributed by atoms with van der Waals surface area (Å²) in [7, 11) is -4.53. The Balaban J connectivity index is 0.00000128. The summed E-state index contributed by atoms with van der Waals surface area (Å²) in [5.74, 6) is 0. The number of benzene rings is 1. The summed E-state index contributed by atoms with van der Waals surface area (Å²) in [6.45, 7) is 0. The second-order valence-corrected chi connectivity index (χ2v) is 4.80. The monoisotopic (exact) mass is 327 g/mol. The van der Waals surface area contributed by atoms with Gasteiger partial charge in [-0.2, -0.15) is 0 Å². The van der Waals surface area contributed by atoms with Crippen molar-refractivity contribution in [3.63, 3.8) is 0 Å². The molecule has 0 saturated carbocycles. The molecule has 2 rings (SSSR count). The zero-order valence-corrected chi connectivity index (χ0v) is 10.6. The summed E-state index contributed by atoms with van der Waals surface area (Å²) in [6.07, 6.45) is -0.530. The van der Waals surface area contributed by atoms with Crippen molar-refractivity contribution >= 4 is 18.5 Å². The fourth-order valence-electron chi connectivity index (χ4n) is 1.39. The van der Waals surface area contributed by atoms with Crippen LogP contribution in [-0.2, 0) is 31.1 Å². The summed E-state index contributed by atoms with van der Waals surface area (Å²) in [4.78, 5) is 25.2. The van der Waals surface area contributed by atoms with Gasteiger partial charge in [0, 0.05) is 17.2 Å². The first-order valence-corrected chi connectivity index (χ1v) is 6.13. The first-order chi connectivity index (χ1) is 7.04. The summed E-state index contributed by atoms with van der Waals surface area (Å²) in [5, 5.41) is 0.924. The fourth-order valence-corrected chi connectivity index (χ4v) is 1.97. The molecule has 6 heteroatoms. The number of aromatic nitrogens is 1. The molecule has 4 nitrogen and oxygen atoms in total. The second-order valence-electron chi connectivity index (χ2n) is 3.26. The van der Waals surface area contributed by atoms with Gasteiger partial charge < -0.3 is 14.4 Å². The molecule has 0 radical (unpaired) electrons. The van der Waals surface area contributed by atoms with E-state index in [1.165, 1.54) is 0 Å². The number of nitrogens with zero attached hydrogens (tertiary/aromatic N) is 1. The molecule has 16 heavy (non-hydrogen) atoms. The maximum absolute atomic E-state index is 10.6. The standard InChI is InChI=1S/C10H10NO3P.Pd/c12-15(13,14)7-9-6-5-8-3-1-2-4-10(8)11-9;/h1-6H,7H2,(H2,12,13,14);/q;+2/p-2. The molecule has 0 unspecified atom stereocenters. The molecule has 1 aromatic heterocycles. The van der Waals surface area contributed by atoms with Crippen molar-refractivity contribution in [2.45, 2.75) is 6.16 Å². The molecule has 1 aromatic carbocycles. The third-order valence-electron chi connectivity index (χ3n) is 2.01. The van der Waals surface area contributed by atoms with Gasteiger partial charge in [-0.05, 0) is 12.1 Å². The Kier molecular flexibility index (Phi) is 4.37. The summed E-state index contributed by atoms with van der Waals surface area (Å²) in [6, 6.07) is 10.7. The van der Waals surface area contributed by atoms with E-state index in [1.807, 2.05) is 18.2 Å². The topological polar surface area (TPSA) is 76.1 Å². The Bertz CT molecular complexity index is 540. The van der Waals surface area contributed by atoms with Gasteiger partial charge in [-0.3, -0.25) is 4.98 Å². The predicted molar refractivity (Wildman–Crippen MR) is 53.1 cm³/mol. The number of hydrogen-bond acceptors (Lipinski definition) is 4. The van der Waals surface area contributed by atoms with Gasteiger partial charge in [0.2, 0.25) is 0 Å². The van der Waals surface area contributed by atoms with E-state index in [1.54, 1.807) is 18.2 Å². The van der Waals surface area contributed by atoms with Gasteiger partial charge in [0.25, 0.3) is 0 Å². The van der Waals surface area contributed by atoms with E-state index in [9.17, 15) is 14.4 Å². The number of rotatable bonds is 2. The van der Waals surface area contributed by atoms with Crippen molar-refractivity contribution in [3.8, 4) is 0 Å². The first-order valence-electron chi connectivity index (χ1n) is 4.40. The van der Waals surface area contributed by atoms with E-state index in [0.717, 1.165) is 5.39 Å². The minimum atomic E-state index is -4.53. The maximum atomic E-state index is 10.6. The molecule has 0 amide bonds. The van der Waals surface area contributed by atoms with Crippen molar-refractivity contribution in [1.29, 1.82) is 0 Å². The molecule has 0 spiro atoms. The molecule has 0 aliphatic carbocycles. The van der Waals surface area contributed by atoms with Gasteiger partial charge in [-0.25, -0.2) is 0 Å². The quantitative estimate of drug-likeness (QED) is 0.599. The molecule has 0 bridgehead atoms. The largest absolute Gasteiger partial charge is 2.00 e. The van der Waals surface area contributed by atoms with Crippen molar-refractivity contribution in [2.24, 2.45) is 0 Å². The number of para-hydroxylation sites is 1. The third-order valence-corrected chi connectivity index (χ3v) is 2.72. The van der Waals surface area contributed by atoms with E-state index >= 15 is 0 Å². The normalized spacial score (nSPS) is 11.1. The molecule has 0 aliphatic rings. The summed E-state index contributed by atoms with van der Waals surface area (Å²) >= 11 is 0. The summed E-state index contributed by atoms with van der Waals surface area (Å²) < 4.78 is 10.6. The van der Waals surface area contributed by atoms with Gasteiger partial charge in [-0.1, -0.05) is 31.9 Å². The molecule has 0 aliphatic heterocycles. The van der Waals surface area contributed by atoms with Gasteiger partial charge in [-0.15, -0.1) is 0 Å². The number of fused-ring (bicyclic) bond motifs is 1. The zero-order valence-electron chi connectivity index (χ0n) is 8.11. The van der Waals surface area contributed by atoms with Crippen LogP contribution < -0.4 is 9.79 Å². The van der Waals surface area contributed by atoms with E-state index in [-0.39, 0.29) is 20.4 Å². The first kappa shape index (κ1) is 13.5. The molecule has 0 fully saturated rings. The maximum Gasteiger partial charge on any atom is 2.00 e. The molecular weight excluding hydrogens is 320 g/mol. The van der Waals surface area contributed by atoms with Crippen molar-refractivity contribution in [2.75, 3.05) is 0 Å². The van der Waals surface area contributed by atoms with Gasteiger partial charge >= 0.3 is 20.4 Å². The zero-order chi connectivity index (χ0) is 10.9. The van der Waals surface area contributed by atoms with Gasteiger partial charge in [0.15, 0.2) is 0 Å². The van der Waals surface area contributed by atoms with Crippen LogP contribution in [0, 0.1) is 0 Å². The van der Waals surface area contributed by atoms with Crippen LogP contribution in [0.2, 0.25) is 0 Å². The van der Waals surface area contributed by atoms with Crippen molar-refractivity contribution < 1.29 is 34.8 Å². The number of hydrogen-bond donors (Lipinski definition) is 0. The van der Waals surface area contributed by atoms with E-state index in [2.05, 4.69) is 4.98 Å². The Labute approximate surface area is 107 Å². The molecule has 0 N–H and O–H groups in total. The smallest absolute Gasteiger partial charge is 0.810 e. The third kappa shape index (κ3) is 3.48. The molecule has 0 atom stereocenters. The van der Waals surface area contributed by atoms with E-state index < -0.39 is 13.8 Å². The molecular formula is C10H8NO3PPd. The minimum absolute atomic E-state index is 0. The van der Waals surface area contributed by atoms with Crippen LogP contribution >= 0.6 is 7.60 Å². The molecule has 0 saturated heterocycles. The van der Waals surface area contributed by atoms with Crippen LogP contribution in [0.5, 0.6) is 0 Å². The molecule has 1 heterocycles. The van der Waals surface area contributed by atoms with E-state index in [4.69, 9.17) is 0 Å². The molecule has 2 aromatic rings. The molecule has 86 valence electrons. The van der Waals surface area contributed by atoms with Crippen LogP contribution in [0.15, 0.2) is 36.4 Å². The van der Waals surface area contributed by atoms with Crippen LogP contribution in [-0.4, -0.2) is 4.98 Å². The van der Waals surface area contributed by atoms with Gasteiger partial charge in [0.05, 0.1) is 5.52 Å². The second kappa shape index (κ2) is 5.18. The Morgan fingerprint density at radius 1 is 1.12 bits per heavy atom. The van der Waals surface area contributed by atoms with Crippen LogP contribution in [0.25, 0.3) is 10.9 Å². The Morgan fingerprint density at radius 3 is 2.50 bits per heavy atom. The van der Waals surface area contributed by atoms with Crippen molar-refractivity contribution in [1.82, 2.24) is 4.98 Å². The fraction of sp³-hybridized carbons (Fsp3) is 0.100. The van der Waals surface area contributed by atoms with Crippen LogP contribution in [0.3, 0.4) is 0 Å². The Hall–Kier alpha value is -0.558.